The molecular weight excluding hydrogens is 305 g/mol. The Bertz CT molecular complexity index is 436. The number of hydrogen-bond donors (Lipinski definition) is 2. The van der Waals surface area contributed by atoms with E-state index in [2.05, 4.69) is 43.3 Å². The Morgan fingerprint density at radius 1 is 1.10 bits per heavy atom. The molecule has 1 rings (SSSR count). The molecule has 0 aliphatic rings. The fourth-order valence-corrected chi connectivity index (χ4v) is 2.55. The van der Waals surface area contributed by atoms with Crippen LogP contribution in [0.4, 0.5) is 11.6 Å². The maximum atomic E-state index is 6.23. The Hall–Kier alpha value is -0.670. The number of anilines is 2. The summed E-state index contributed by atoms with van der Waals surface area (Å²) in [6, 6.07) is 2.09. The number of halogens is 2. The van der Waals surface area contributed by atoms with Crippen LogP contribution in [0.5, 0.6) is 0 Å². The van der Waals surface area contributed by atoms with Crippen molar-refractivity contribution in [2.45, 2.75) is 59.4 Å². The quantitative estimate of drug-likeness (QED) is 0.597. The molecule has 0 aromatic carbocycles. The number of hydrogen-bond acceptors (Lipinski definition) is 3. The molecule has 0 aliphatic carbocycles. The average Bonchev–Trinajstić information content (AvgIpc) is 2.40. The summed E-state index contributed by atoms with van der Waals surface area (Å²) in [4.78, 5) is 4.51. The van der Waals surface area contributed by atoms with E-state index in [1.807, 2.05) is 0 Å². The Morgan fingerprint density at radius 2 is 1.76 bits per heavy atom. The van der Waals surface area contributed by atoms with Crippen molar-refractivity contribution in [1.29, 1.82) is 0 Å². The van der Waals surface area contributed by atoms with Gasteiger partial charge in [-0.2, -0.15) is 0 Å². The average molecular weight is 332 g/mol. The zero-order valence-electron chi connectivity index (χ0n) is 13.5. The van der Waals surface area contributed by atoms with Crippen molar-refractivity contribution >= 4 is 34.8 Å². The van der Waals surface area contributed by atoms with E-state index >= 15 is 0 Å². The zero-order valence-corrected chi connectivity index (χ0v) is 15.0. The van der Waals surface area contributed by atoms with E-state index in [-0.39, 0.29) is 0 Å². The first kappa shape index (κ1) is 18.4. The van der Waals surface area contributed by atoms with Crippen molar-refractivity contribution in [1.82, 2.24) is 4.98 Å². The minimum Gasteiger partial charge on any atom is -0.369 e. The van der Waals surface area contributed by atoms with E-state index in [1.165, 1.54) is 12.8 Å². The van der Waals surface area contributed by atoms with Gasteiger partial charge in [-0.25, -0.2) is 4.98 Å². The van der Waals surface area contributed by atoms with Crippen LogP contribution >= 0.6 is 23.2 Å². The smallest absolute Gasteiger partial charge is 0.147 e. The van der Waals surface area contributed by atoms with Crippen molar-refractivity contribution < 1.29 is 0 Å². The molecule has 1 atom stereocenters. The molecule has 5 heteroatoms. The van der Waals surface area contributed by atoms with Gasteiger partial charge in [-0.15, -0.1) is 0 Å². The van der Waals surface area contributed by atoms with Gasteiger partial charge in [0.05, 0.1) is 10.0 Å². The number of nitrogens with zero attached hydrogens (tertiary/aromatic N) is 1. The molecular formula is C16H27Cl2N3. The normalized spacial score (nSPS) is 12.5. The third kappa shape index (κ3) is 6.75. The van der Waals surface area contributed by atoms with Crippen LogP contribution in [0, 0.1) is 5.92 Å². The third-order valence-electron chi connectivity index (χ3n) is 3.27. The van der Waals surface area contributed by atoms with Gasteiger partial charge in [0.15, 0.2) is 0 Å². The second-order valence-corrected chi connectivity index (χ2v) is 6.76. The highest BCUT2D eigenvalue weighted by Gasteiger charge is 2.11. The summed E-state index contributed by atoms with van der Waals surface area (Å²) in [6.07, 6.45) is 4.58. The van der Waals surface area contributed by atoms with Gasteiger partial charge >= 0.3 is 0 Å². The van der Waals surface area contributed by atoms with Gasteiger partial charge in [-0.3, -0.25) is 0 Å². The SMILES string of the molecule is CCCNc1nc(NC(C)CCCC(C)C)c(Cl)cc1Cl. The molecule has 2 N–H and O–H groups in total. The lowest BCUT2D eigenvalue weighted by Crippen LogP contribution is -2.17. The molecule has 1 aromatic heterocycles. The van der Waals surface area contributed by atoms with Gasteiger partial charge in [0, 0.05) is 12.6 Å². The lowest BCUT2D eigenvalue weighted by atomic mass is 10.0. The summed E-state index contributed by atoms with van der Waals surface area (Å²) in [5.41, 5.74) is 0. The minimum atomic E-state index is 0.342. The lowest BCUT2D eigenvalue weighted by molar-refractivity contribution is 0.520. The first-order chi connectivity index (χ1) is 9.93. The van der Waals surface area contributed by atoms with Gasteiger partial charge in [0.25, 0.3) is 0 Å². The van der Waals surface area contributed by atoms with Crippen LogP contribution < -0.4 is 10.6 Å². The number of aromatic nitrogens is 1. The van der Waals surface area contributed by atoms with Crippen LogP contribution in [0.3, 0.4) is 0 Å². The highest BCUT2D eigenvalue weighted by Crippen LogP contribution is 2.30. The van der Waals surface area contributed by atoms with Crippen LogP contribution in [-0.4, -0.2) is 17.6 Å². The molecule has 0 aliphatic heterocycles. The predicted octanol–water partition coefficient (Wildman–Crippen LogP) is 5.84. The number of rotatable bonds is 9. The Kier molecular flexibility index (Phi) is 8.20. The fraction of sp³-hybridized carbons (Fsp3) is 0.688. The minimum absolute atomic E-state index is 0.342. The van der Waals surface area contributed by atoms with E-state index in [1.54, 1.807) is 6.07 Å². The van der Waals surface area contributed by atoms with E-state index in [0.717, 1.165) is 25.3 Å². The number of pyridine rings is 1. The Balaban J connectivity index is 2.64. The molecule has 21 heavy (non-hydrogen) atoms. The van der Waals surface area contributed by atoms with Crippen LogP contribution in [0.15, 0.2) is 6.07 Å². The standard InChI is InChI=1S/C16H27Cl2N3/c1-5-9-19-15-13(17)10-14(18)16(21-15)20-12(4)8-6-7-11(2)3/h10-12H,5-9H2,1-4H3,(H2,19,20,21). The first-order valence-electron chi connectivity index (χ1n) is 7.80. The molecule has 0 fully saturated rings. The van der Waals surface area contributed by atoms with Crippen LogP contribution in [0.1, 0.15) is 53.4 Å². The summed E-state index contributed by atoms with van der Waals surface area (Å²) < 4.78 is 0. The second kappa shape index (κ2) is 9.37. The summed E-state index contributed by atoms with van der Waals surface area (Å²) in [5, 5.41) is 7.74. The third-order valence-corrected chi connectivity index (χ3v) is 3.85. The van der Waals surface area contributed by atoms with Gasteiger partial charge in [0.1, 0.15) is 11.6 Å². The molecule has 0 bridgehead atoms. The first-order valence-corrected chi connectivity index (χ1v) is 8.56. The van der Waals surface area contributed by atoms with Crippen molar-refractivity contribution in [3.8, 4) is 0 Å². The zero-order chi connectivity index (χ0) is 15.8. The van der Waals surface area contributed by atoms with Crippen molar-refractivity contribution in [3.05, 3.63) is 16.1 Å². The Labute approximate surface area is 138 Å². The van der Waals surface area contributed by atoms with Gasteiger partial charge in [-0.1, -0.05) is 56.8 Å². The molecule has 120 valence electrons. The fourth-order valence-electron chi connectivity index (χ4n) is 2.07. The highest BCUT2D eigenvalue weighted by molar-refractivity contribution is 6.37. The summed E-state index contributed by atoms with van der Waals surface area (Å²) in [5.74, 6) is 2.15. The van der Waals surface area contributed by atoms with E-state index in [4.69, 9.17) is 23.2 Å². The lowest BCUT2D eigenvalue weighted by Gasteiger charge is -2.17. The van der Waals surface area contributed by atoms with E-state index < -0.39 is 0 Å². The molecule has 0 saturated heterocycles. The molecule has 0 radical (unpaired) electrons. The predicted molar refractivity (Wildman–Crippen MR) is 94.8 cm³/mol. The van der Waals surface area contributed by atoms with E-state index in [0.29, 0.717) is 27.7 Å². The van der Waals surface area contributed by atoms with Gasteiger partial charge in [0.2, 0.25) is 0 Å². The molecule has 0 amide bonds. The van der Waals surface area contributed by atoms with Gasteiger partial charge in [-0.05, 0) is 31.7 Å². The van der Waals surface area contributed by atoms with Crippen LogP contribution in [0.25, 0.3) is 0 Å². The molecule has 1 aromatic rings. The molecule has 3 nitrogen and oxygen atoms in total. The summed E-state index contributed by atoms with van der Waals surface area (Å²) in [6.45, 7) is 9.61. The second-order valence-electron chi connectivity index (χ2n) is 5.95. The van der Waals surface area contributed by atoms with Crippen LogP contribution in [0.2, 0.25) is 10.0 Å². The summed E-state index contributed by atoms with van der Waals surface area (Å²) >= 11 is 12.4. The molecule has 1 heterocycles. The maximum Gasteiger partial charge on any atom is 0.147 e. The van der Waals surface area contributed by atoms with Crippen LogP contribution in [-0.2, 0) is 0 Å². The largest absolute Gasteiger partial charge is 0.369 e. The van der Waals surface area contributed by atoms with Gasteiger partial charge < -0.3 is 10.6 Å². The Morgan fingerprint density at radius 3 is 2.38 bits per heavy atom. The number of nitrogens with one attached hydrogen (secondary N) is 2. The van der Waals surface area contributed by atoms with Crippen molar-refractivity contribution in [2.75, 3.05) is 17.2 Å². The van der Waals surface area contributed by atoms with E-state index in [9.17, 15) is 0 Å². The monoisotopic (exact) mass is 331 g/mol. The molecule has 1 unspecified atom stereocenters. The summed E-state index contributed by atoms with van der Waals surface area (Å²) in [7, 11) is 0. The molecule has 0 spiro atoms. The highest BCUT2D eigenvalue weighted by atomic mass is 35.5. The van der Waals surface area contributed by atoms with Crippen molar-refractivity contribution in [3.63, 3.8) is 0 Å². The van der Waals surface area contributed by atoms with Crippen molar-refractivity contribution in [2.24, 2.45) is 5.92 Å². The maximum absolute atomic E-state index is 6.23. The topological polar surface area (TPSA) is 37.0 Å². The molecule has 0 saturated carbocycles.